The molecule has 0 saturated heterocycles. The topological polar surface area (TPSA) is 107 Å². The molecule has 7 heteroatoms. The molecule has 0 heterocycles. The average Bonchev–Trinajstić information content (AvgIpc) is 2.35. The number of nitrogens with two attached hydrogens (primary N) is 1. The predicted molar refractivity (Wildman–Crippen MR) is 65.5 cm³/mol. The van der Waals surface area contributed by atoms with Crippen LogP contribution in [0.15, 0.2) is 18.2 Å². The maximum absolute atomic E-state index is 11.1. The molecule has 1 unspecified atom stereocenters. The lowest BCUT2D eigenvalue weighted by Gasteiger charge is -2.25. The van der Waals surface area contributed by atoms with Gasteiger partial charge in [-0.15, -0.1) is 0 Å². The molecule has 0 saturated carbocycles. The van der Waals surface area contributed by atoms with E-state index >= 15 is 0 Å². The second-order valence-electron chi connectivity index (χ2n) is 3.81. The molecule has 1 amide bonds. The van der Waals surface area contributed by atoms with Gasteiger partial charge in [0, 0.05) is 30.4 Å². The number of hydrogen-bond donors (Lipinski definition) is 1. The van der Waals surface area contributed by atoms with Crippen molar-refractivity contribution in [2.45, 2.75) is 13.0 Å². The summed E-state index contributed by atoms with van der Waals surface area (Å²) >= 11 is 0. The van der Waals surface area contributed by atoms with Gasteiger partial charge in [0.15, 0.2) is 6.29 Å². The fraction of sp³-hybridized carbons (Fsp3) is 0.273. The van der Waals surface area contributed by atoms with Gasteiger partial charge in [0.1, 0.15) is 6.04 Å². The number of hydrogen-bond acceptors (Lipinski definition) is 5. The third-order valence-electron chi connectivity index (χ3n) is 2.72. The minimum atomic E-state index is -0.620. The largest absolute Gasteiger partial charge is 0.368 e. The maximum atomic E-state index is 11.1. The first-order chi connectivity index (χ1) is 8.38. The molecule has 1 rings (SSSR count). The van der Waals surface area contributed by atoms with E-state index in [0.29, 0.717) is 12.0 Å². The minimum Gasteiger partial charge on any atom is -0.368 e. The predicted octanol–water partition coefficient (Wildman–Crippen LogP) is 0.717. The Morgan fingerprint density at radius 3 is 2.61 bits per heavy atom. The van der Waals surface area contributed by atoms with E-state index in [1.165, 1.54) is 17.0 Å². The first kappa shape index (κ1) is 13.6. The SMILES string of the molecule is CC(C(N)=O)N(C)c1ccc([N+](=O)[O-])cc1C=O. The summed E-state index contributed by atoms with van der Waals surface area (Å²) in [6.07, 6.45) is 0.506. The summed E-state index contributed by atoms with van der Waals surface area (Å²) in [5.41, 5.74) is 5.54. The number of rotatable bonds is 5. The van der Waals surface area contributed by atoms with Gasteiger partial charge in [0.25, 0.3) is 5.69 Å². The maximum Gasteiger partial charge on any atom is 0.270 e. The van der Waals surface area contributed by atoms with E-state index in [1.54, 1.807) is 14.0 Å². The van der Waals surface area contributed by atoms with Crippen LogP contribution in [0, 0.1) is 10.1 Å². The number of aldehydes is 1. The number of primary amides is 1. The molecule has 1 aromatic rings. The molecule has 0 aromatic heterocycles. The highest BCUT2D eigenvalue weighted by Gasteiger charge is 2.19. The first-order valence-corrected chi connectivity index (χ1v) is 5.14. The summed E-state index contributed by atoms with van der Waals surface area (Å²) < 4.78 is 0. The molecule has 18 heavy (non-hydrogen) atoms. The fourth-order valence-electron chi connectivity index (χ4n) is 1.47. The highest BCUT2D eigenvalue weighted by Crippen LogP contribution is 2.24. The van der Waals surface area contributed by atoms with E-state index in [9.17, 15) is 19.7 Å². The lowest BCUT2D eigenvalue weighted by Crippen LogP contribution is -2.40. The van der Waals surface area contributed by atoms with Gasteiger partial charge in [-0.25, -0.2) is 0 Å². The Balaban J connectivity index is 3.21. The number of amides is 1. The summed E-state index contributed by atoms with van der Waals surface area (Å²) in [6.45, 7) is 1.58. The van der Waals surface area contributed by atoms with Crippen molar-refractivity contribution in [2.24, 2.45) is 5.73 Å². The Kier molecular flexibility index (Phi) is 3.98. The summed E-state index contributed by atoms with van der Waals surface area (Å²) in [5, 5.41) is 10.6. The molecule has 0 aliphatic carbocycles. The number of likely N-dealkylation sites (N-methyl/N-ethyl adjacent to an activating group) is 1. The van der Waals surface area contributed by atoms with Gasteiger partial charge in [-0.1, -0.05) is 0 Å². The zero-order valence-corrected chi connectivity index (χ0v) is 9.99. The van der Waals surface area contributed by atoms with Crippen LogP contribution in [0.1, 0.15) is 17.3 Å². The van der Waals surface area contributed by atoms with Crippen LogP contribution in [0.2, 0.25) is 0 Å². The van der Waals surface area contributed by atoms with Crippen LogP contribution in [0.5, 0.6) is 0 Å². The average molecular weight is 251 g/mol. The van der Waals surface area contributed by atoms with Crippen molar-refractivity contribution >= 4 is 23.6 Å². The van der Waals surface area contributed by atoms with Crippen LogP contribution in [0.4, 0.5) is 11.4 Å². The number of non-ortho nitro benzene ring substituents is 1. The van der Waals surface area contributed by atoms with Crippen molar-refractivity contribution in [3.8, 4) is 0 Å². The third kappa shape index (κ3) is 2.62. The van der Waals surface area contributed by atoms with Gasteiger partial charge in [0.2, 0.25) is 5.91 Å². The molecular formula is C11H13N3O4. The van der Waals surface area contributed by atoms with Gasteiger partial charge in [-0.3, -0.25) is 19.7 Å². The Hall–Kier alpha value is -2.44. The van der Waals surface area contributed by atoms with Crippen LogP contribution in [0.3, 0.4) is 0 Å². The van der Waals surface area contributed by atoms with E-state index < -0.39 is 16.9 Å². The van der Waals surface area contributed by atoms with Crippen molar-refractivity contribution in [1.29, 1.82) is 0 Å². The van der Waals surface area contributed by atoms with Crippen molar-refractivity contribution in [3.05, 3.63) is 33.9 Å². The van der Waals surface area contributed by atoms with E-state index in [-0.39, 0.29) is 11.3 Å². The summed E-state index contributed by atoms with van der Waals surface area (Å²) in [6, 6.07) is 3.23. The Morgan fingerprint density at radius 1 is 1.56 bits per heavy atom. The molecule has 0 radical (unpaired) electrons. The number of nitrogens with zero attached hydrogens (tertiary/aromatic N) is 2. The highest BCUT2D eigenvalue weighted by atomic mass is 16.6. The van der Waals surface area contributed by atoms with Gasteiger partial charge in [-0.2, -0.15) is 0 Å². The molecule has 1 atom stereocenters. The zero-order chi connectivity index (χ0) is 13.9. The van der Waals surface area contributed by atoms with Crippen LogP contribution < -0.4 is 10.6 Å². The van der Waals surface area contributed by atoms with Crippen molar-refractivity contribution in [1.82, 2.24) is 0 Å². The second kappa shape index (κ2) is 5.26. The second-order valence-corrected chi connectivity index (χ2v) is 3.81. The number of carbonyl (C=O) groups excluding carboxylic acids is 2. The van der Waals surface area contributed by atoms with Crippen LogP contribution in [-0.4, -0.2) is 30.2 Å². The standard InChI is InChI=1S/C11H13N3O4/c1-7(11(12)16)13(2)10-4-3-9(14(17)18)5-8(10)6-15/h3-7H,1-2H3,(H2,12,16). The van der Waals surface area contributed by atoms with Gasteiger partial charge in [-0.05, 0) is 13.0 Å². The monoisotopic (exact) mass is 251 g/mol. The van der Waals surface area contributed by atoms with Crippen molar-refractivity contribution in [3.63, 3.8) is 0 Å². The third-order valence-corrected chi connectivity index (χ3v) is 2.72. The highest BCUT2D eigenvalue weighted by molar-refractivity contribution is 5.89. The molecule has 7 nitrogen and oxygen atoms in total. The van der Waals surface area contributed by atoms with Gasteiger partial charge >= 0.3 is 0 Å². The van der Waals surface area contributed by atoms with E-state index in [2.05, 4.69) is 0 Å². The number of benzene rings is 1. The summed E-state index contributed by atoms with van der Waals surface area (Å²) in [7, 11) is 1.59. The Morgan fingerprint density at radius 2 is 2.17 bits per heavy atom. The summed E-state index contributed by atoms with van der Waals surface area (Å²) in [4.78, 5) is 33.5. The molecule has 0 aliphatic rings. The minimum absolute atomic E-state index is 0.139. The first-order valence-electron chi connectivity index (χ1n) is 5.14. The van der Waals surface area contributed by atoms with Crippen LogP contribution >= 0.6 is 0 Å². The number of nitro groups is 1. The Labute approximate surface area is 103 Å². The number of carbonyl (C=O) groups is 2. The quantitative estimate of drug-likeness (QED) is 0.471. The molecule has 2 N–H and O–H groups in total. The lowest BCUT2D eigenvalue weighted by atomic mass is 10.1. The van der Waals surface area contributed by atoms with E-state index in [0.717, 1.165) is 6.07 Å². The summed E-state index contributed by atoms with van der Waals surface area (Å²) in [5.74, 6) is -0.548. The van der Waals surface area contributed by atoms with Crippen LogP contribution in [0.25, 0.3) is 0 Å². The smallest absolute Gasteiger partial charge is 0.270 e. The molecule has 1 aromatic carbocycles. The number of nitro benzene ring substituents is 1. The normalized spacial score (nSPS) is 11.7. The Bertz CT molecular complexity index is 501. The van der Waals surface area contributed by atoms with Gasteiger partial charge in [0.05, 0.1) is 4.92 Å². The molecule has 0 spiro atoms. The molecular weight excluding hydrogens is 238 g/mol. The molecule has 96 valence electrons. The van der Waals surface area contributed by atoms with E-state index in [4.69, 9.17) is 5.73 Å². The molecule has 0 aliphatic heterocycles. The number of anilines is 1. The van der Waals surface area contributed by atoms with Crippen LogP contribution in [-0.2, 0) is 4.79 Å². The van der Waals surface area contributed by atoms with Gasteiger partial charge < -0.3 is 10.6 Å². The fourth-order valence-corrected chi connectivity index (χ4v) is 1.47. The molecule has 0 fully saturated rings. The van der Waals surface area contributed by atoms with Crippen molar-refractivity contribution in [2.75, 3.05) is 11.9 Å². The van der Waals surface area contributed by atoms with Crippen molar-refractivity contribution < 1.29 is 14.5 Å². The lowest BCUT2D eigenvalue weighted by molar-refractivity contribution is -0.384. The molecule has 0 bridgehead atoms. The van der Waals surface area contributed by atoms with E-state index in [1.807, 2.05) is 0 Å². The zero-order valence-electron chi connectivity index (χ0n) is 9.99.